The van der Waals surface area contributed by atoms with Gasteiger partial charge in [-0.25, -0.2) is 4.98 Å². The minimum atomic E-state index is 0.116. The van der Waals surface area contributed by atoms with Crippen molar-refractivity contribution in [2.24, 2.45) is 0 Å². The Balaban J connectivity index is 1.81. The van der Waals surface area contributed by atoms with Gasteiger partial charge in [-0.2, -0.15) is 0 Å². The zero-order chi connectivity index (χ0) is 15.5. The SMILES string of the molecule is CCN1CCN(C(=O)c2ccccc2C)CC1c1ncc[nH]1. The first kappa shape index (κ1) is 14.8. The number of aryl methyl sites for hydroxylation is 1. The molecule has 1 aromatic carbocycles. The van der Waals surface area contributed by atoms with Gasteiger partial charge in [0.15, 0.2) is 0 Å². The molecule has 2 heterocycles. The summed E-state index contributed by atoms with van der Waals surface area (Å²) >= 11 is 0. The maximum Gasteiger partial charge on any atom is 0.254 e. The van der Waals surface area contributed by atoms with Gasteiger partial charge in [0.05, 0.1) is 6.04 Å². The number of rotatable bonds is 3. The lowest BCUT2D eigenvalue weighted by molar-refractivity contribution is 0.0479. The Morgan fingerprint density at radius 3 is 2.86 bits per heavy atom. The van der Waals surface area contributed by atoms with Gasteiger partial charge in [-0.05, 0) is 25.1 Å². The van der Waals surface area contributed by atoms with E-state index in [-0.39, 0.29) is 11.9 Å². The maximum atomic E-state index is 12.8. The molecule has 1 amide bonds. The maximum absolute atomic E-state index is 12.8. The van der Waals surface area contributed by atoms with Crippen LogP contribution in [0.15, 0.2) is 36.7 Å². The molecule has 5 nitrogen and oxygen atoms in total. The molecule has 2 aromatic rings. The largest absolute Gasteiger partial charge is 0.347 e. The second kappa shape index (κ2) is 6.32. The van der Waals surface area contributed by atoms with Crippen LogP contribution in [0.2, 0.25) is 0 Å². The third-order valence-electron chi connectivity index (χ3n) is 4.40. The van der Waals surface area contributed by atoms with E-state index in [9.17, 15) is 4.79 Å². The van der Waals surface area contributed by atoms with E-state index < -0.39 is 0 Å². The minimum absolute atomic E-state index is 0.116. The number of benzene rings is 1. The highest BCUT2D eigenvalue weighted by atomic mass is 16.2. The van der Waals surface area contributed by atoms with E-state index in [1.807, 2.05) is 42.3 Å². The number of carbonyl (C=O) groups is 1. The van der Waals surface area contributed by atoms with Gasteiger partial charge in [-0.1, -0.05) is 25.1 Å². The molecule has 1 fully saturated rings. The van der Waals surface area contributed by atoms with E-state index in [2.05, 4.69) is 21.8 Å². The van der Waals surface area contributed by atoms with Gasteiger partial charge < -0.3 is 9.88 Å². The Morgan fingerprint density at radius 1 is 1.36 bits per heavy atom. The molecule has 0 spiro atoms. The first-order valence-electron chi connectivity index (χ1n) is 7.79. The number of likely N-dealkylation sites (N-methyl/N-ethyl adjacent to an activating group) is 1. The second-order valence-corrected chi connectivity index (χ2v) is 5.68. The van der Waals surface area contributed by atoms with E-state index >= 15 is 0 Å². The summed E-state index contributed by atoms with van der Waals surface area (Å²) in [6.07, 6.45) is 3.61. The smallest absolute Gasteiger partial charge is 0.254 e. The molecule has 1 aliphatic rings. The quantitative estimate of drug-likeness (QED) is 0.945. The molecule has 3 rings (SSSR count). The molecule has 0 saturated carbocycles. The van der Waals surface area contributed by atoms with Crippen molar-refractivity contribution < 1.29 is 4.79 Å². The number of carbonyl (C=O) groups excluding carboxylic acids is 1. The number of H-pyrrole nitrogens is 1. The number of piperazine rings is 1. The van der Waals surface area contributed by atoms with E-state index in [1.165, 1.54) is 0 Å². The summed E-state index contributed by atoms with van der Waals surface area (Å²) in [6, 6.07) is 7.92. The highest BCUT2D eigenvalue weighted by Crippen LogP contribution is 2.24. The molecule has 1 saturated heterocycles. The summed E-state index contributed by atoms with van der Waals surface area (Å²) in [7, 11) is 0. The average Bonchev–Trinajstić information content (AvgIpc) is 3.08. The fourth-order valence-corrected chi connectivity index (χ4v) is 3.09. The van der Waals surface area contributed by atoms with Crippen LogP contribution in [0.4, 0.5) is 0 Å². The number of aromatic amines is 1. The molecule has 116 valence electrons. The molecule has 0 aliphatic carbocycles. The number of hydrogen-bond acceptors (Lipinski definition) is 3. The first-order chi connectivity index (χ1) is 10.7. The second-order valence-electron chi connectivity index (χ2n) is 5.68. The van der Waals surface area contributed by atoms with Crippen molar-refractivity contribution in [3.63, 3.8) is 0 Å². The van der Waals surface area contributed by atoms with Crippen molar-refractivity contribution >= 4 is 5.91 Å². The predicted octanol–water partition coefficient (Wildman–Crippen LogP) is 2.24. The number of amides is 1. The van der Waals surface area contributed by atoms with Gasteiger partial charge >= 0.3 is 0 Å². The van der Waals surface area contributed by atoms with E-state index in [0.717, 1.165) is 36.6 Å². The standard InChI is InChI=1S/C17H22N4O/c1-3-20-10-11-21(12-15(20)16-18-8-9-19-16)17(22)14-7-5-4-6-13(14)2/h4-9,15H,3,10-12H2,1-2H3,(H,18,19). The fraction of sp³-hybridized carbons (Fsp3) is 0.412. The Labute approximate surface area is 131 Å². The monoisotopic (exact) mass is 298 g/mol. The van der Waals surface area contributed by atoms with Gasteiger partial charge in [0.1, 0.15) is 5.82 Å². The van der Waals surface area contributed by atoms with Crippen LogP contribution >= 0.6 is 0 Å². The van der Waals surface area contributed by atoms with Crippen LogP contribution in [0.1, 0.15) is 34.7 Å². The topological polar surface area (TPSA) is 52.2 Å². The first-order valence-corrected chi connectivity index (χ1v) is 7.79. The highest BCUT2D eigenvalue weighted by molar-refractivity contribution is 5.95. The van der Waals surface area contributed by atoms with Crippen LogP contribution in [-0.2, 0) is 0 Å². The van der Waals surface area contributed by atoms with Gasteiger partial charge in [0.25, 0.3) is 5.91 Å². The molecule has 1 unspecified atom stereocenters. The van der Waals surface area contributed by atoms with Crippen molar-refractivity contribution in [3.05, 3.63) is 53.6 Å². The van der Waals surface area contributed by atoms with Crippen LogP contribution in [0, 0.1) is 6.92 Å². The van der Waals surface area contributed by atoms with E-state index in [4.69, 9.17) is 0 Å². The van der Waals surface area contributed by atoms with Gasteiger partial charge in [0.2, 0.25) is 0 Å². The summed E-state index contributed by atoms with van der Waals surface area (Å²) in [5, 5.41) is 0. The third kappa shape index (κ3) is 2.76. The van der Waals surface area contributed by atoms with Crippen LogP contribution in [0.3, 0.4) is 0 Å². The van der Waals surface area contributed by atoms with Crippen LogP contribution < -0.4 is 0 Å². The molecule has 0 radical (unpaired) electrons. The third-order valence-corrected chi connectivity index (χ3v) is 4.40. The van der Waals surface area contributed by atoms with Crippen molar-refractivity contribution in [2.75, 3.05) is 26.2 Å². The lowest BCUT2D eigenvalue weighted by Gasteiger charge is -2.40. The van der Waals surface area contributed by atoms with E-state index in [0.29, 0.717) is 6.54 Å². The molecular formula is C17H22N4O. The van der Waals surface area contributed by atoms with Crippen molar-refractivity contribution in [3.8, 4) is 0 Å². The molecular weight excluding hydrogens is 276 g/mol. The highest BCUT2D eigenvalue weighted by Gasteiger charge is 2.31. The summed E-state index contributed by atoms with van der Waals surface area (Å²) in [4.78, 5) is 24.7. The molecule has 1 aliphatic heterocycles. The lowest BCUT2D eigenvalue weighted by atomic mass is 10.1. The van der Waals surface area contributed by atoms with E-state index in [1.54, 1.807) is 6.20 Å². The van der Waals surface area contributed by atoms with Crippen molar-refractivity contribution in [1.29, 1.82) is 0 Å². The van der Waals surface area contributed by atoms with Gasteiger partial charge in [0, 0.05) is 37.6 Å². The molecule has 1 aromatic heterocycles. The molecule has 1 N–H and O–H groups in total. The number of aromatic nitrogens is 2. The zero-order valence-electron chi connectivity index (χ0n) is 13.1. The average molecular weight is 298 g/mol. The predicted molar refractivity (Wildman–Crippen MR) is 85.7 cm³/mol. The van der Waals surface area contributed by atoms with Crippen LogP contribution in [0.5, 0.6) is 0 Å². The minimum Gasteiger partial charge on any atom is -0.347 e. The van der Waals surface area contributed by atoms with Crippen LogP contribution in [0.25, 0.3) is 0 Å². The Kier molecular flexibility index (Phi) is 4.24. The summed E-state index contributed by atoms with van der Waals surface area (Å²) in [5.74, 6) is 1.05. The Hall–Kier alpha value is -2.14. The molecule has 1 atom stereocenters. The molecule has 22 heavy (non-hydrogen) atoms. The normalized spacial score (nSPS) is 19.4. The van der Waals surface area contributed by atoms with Gasteiger partial charge in [-0.3, -0.25) is 9.69 Å². The number of nitrogens with zero attached hydrogens (tertiary/aromatic N) is 3. The van der Waals surface area contributed by atoms with Gasteiger partial charge in [-0.15, -0.1) is 0 Å². The Bertz CT molecular complexity index is 638. The number of imidazole rings is 1. The van der Waals surface area contributed by atoms with Crippen LogP contribution in [-0.4, -0.2) is 51.9 Å². The zero-order valence-corrected chi connectivity index (χ0v) is 13.1. The molecule has 5 heteroatoms. The lowest BCUT2D eigenvalue weighted by Crippen LogP contribution is -2.50. The summed E-state index contributed by atoms with van der Waals surface area (Å²) in [5.41, 5.74) is 1.82. The summed E-state index contributed by atoms with van der Waals surface area (Å²) < 4.78 is 0. The number of hydrogen-bond donors (Lipinski definition) is 1. The van der Waals surface area contributed by atoms with Crippen molar-refractivity contribution in [2.45, 2.75) is 19.9 Å². The Morgan fingerprint density at radius 2 is 2.18 bits per heavy atom. The number of nitrogens with one attached hydrogen (secondary N) is 1. The summed E-state index contributed by atoms with van der Waals surface area (Å²) in [6.45, 7) is 7.40. The van der Waals surface area contributed by atoms with Crippen molar-refractivity contribution in [1.82, 2.24) is 19.8 Å². The molecule has 0 bridgehead atoms. The fourth-order valence-electron chi connectivity index (χ4n) is 3.09.